The van der Waals surface area contributed by atoms with Crippen molar-refractivity contribution in [2.45, 2.75) is 26.8 Å². The van der Waals surface area contributed by atoms with Crippen molar-refractivity contribution in [3.05, 3.63) is 22.7 Å². The molecule has 0 saturated carbocycles. The third-order valence-corrected chi connectivity index (χ3v) is 2.96. The monoisotopic (exact) mass is 238 g/mol. The van der Waals surface area contributed by atoms with Gasteiger partial charge in [0.2, 0.25) is 5.91 Å². The number of carbonyl (C=O) groups excluding carboxylic acids is 1. The van der Waals surface area contributed by atoms with Gasteiger partial charge in [-0.3, -0.25) is 4.79 Å². The van der Waals surface area contributed by atoms with Crippen LogP contribution < -0.4 is 10.2 Å². The van der Waals surface area contributed by atoms with Gasteiger partial charge in [0, 0.05) is 11.1 Å². The molecule has 0 unspecified atom stereocenters. The molecule has 1 heterocycles. The van der Waals surface area contributed by atoms with Gasteiger partial charge in [-0.15, -0.1) is 0 Å². The van der Waals surface area contributed by atoms with Crippen LogP contribution in [0.4, 0.5) is 11.4 Å². The van der Waals surface area contributed by atoms with Crippen molar-refractivity contribution in [1.82, 2.24) is 0 Å². The Morgan fingerprint density at radius 2 is 2.12 bits per heavy atom. The second kappa shape index (κ2) is 3.98. The first kappa shape index (κ1) is 11.3. The van der Waals surface area contributed by atoms with Crippen LogP contribution in [0.5, 0.6) is 0 Å². The largest absolute Gasteiger partial charge is 0.374 e. The number of fused-ring (bicyclic) bond motifs is 1. The molecule has 1 amide bonds. The van der Waals surface area contributed by atoms with Crippen molar-refractivity contribution in [1.29, 1.82) is 0 Å². The summed E-state index contributed by atoms with van der Waals surface area (Å²) in [5.74, 6) is 0.0872. The summed E-state index contributed by atoms with van der Waals surface area (Å²) in [7, 11) is 0. The first-order chi connectivity index (χ1) is 7.50. The van der Waals surface area contributed by atoms with Gasteiger partial charge in [-0.25, -0.2) is 0 Å². The van der Waals surface area contributed by atoms with Crippen LogP contribution in [0.2, 0.25) is 5.02 Å². The molecule has 86 valence electrons. The molecule has 0 fully saturated rings. The standard InChI is InChI=1S/C12H15ClN2O/c1-7(2)15-10-5-9(13)4-8(3)12(10)14-6-11(15)16/h4-5,7,14H,6H2,1-3H3. The predicted octanol–water partition coefficient (Wildman–Crippen LogP) is 2.82. The van der Waals surface area contributed by atoms with E-state index in [2.05, 4.69) is 5.32 Å². The summed E-state index contributed by atoms with van der Waals surface area (Å²) in [6.45, 7) is 6.35. The number of hydrogen-bond acceptors (Lipinski definition) is 2. The van der Waals surface area contributed by atoms with Gasteiger partial charge in [0.25, 0.3) is 0 Å². The highest BCUT2D eigenvalue weighted by molar-refractivity contribution is 6.31. The van der Waals surface area contributed by atoms with Gasteiger partial charge in [-0.05, 0) is 38.5 Å². The van der Waals surface area contributed by atoms with Crippen molar-refractivity contribution in [2.75, 3.05) is 16.8 Å². The first-order valence-corrected chi connectivity index (χ1v) is 5.74. The zero-order valence-electron chi connectivity index (χ0n) is 9.67. The molecule has 0 bridgehead atoms. The van der Waals surface area contributed by atoms with Gasteiger partial charge in [0.15, 0.2) is 0 Å². The average molecular weight is 239 g/mol. The van der Waals surface area contributed by atoms with E-state index in [0.29, 0.717) is 11.6 Å². The summed E-state index contributed by atoms with van der Waals surface area (Å²) in [5.41, 5.74) is 2.97. The molecule has 3 nitrogen and oxygen atoms in total. The van der Waals surface area contributed by atoms with Crippen LogP contribution in [-0.4, -0.2) is 18.5 Å². The molecule has 0 aromatic heterocycles. The summed E-state index contributed by atoms with van der Waals surface area (Å²) in [5, 5.41) is 3.81. The summed E-state index contributed by atoms with van der Waals surface area (Å²) in [6, 6.07) is 3.89. The zero-order valence-corrected chi connectivity index (χ0v) is 10.4. The number of halogens is 1. The van der Waals surface area contributed by atoms with Gasteiger partial charge in [0.1, 0.15) is 0 Å². The van der Waals surface area contributed by atoms with E-state index in [1.165, 1.54) is 0 Å². The Morgan fingerprint density at radius 3 is 2.75 bits per heavy atom. The summed E-state index contributed by atoms with van der Waals surface area (Å²) in [6.07, 6.45) is 0. The van der Waals surface area contributed by atoms with Gasteiger partial charge < -0.3 is 10.2 Å². The van der Waals surface area contributed by atoms with Crippen LogP contribution in [0.25, 0.3) is 0 Å². The highest BCUT2D eigenvalue weighted by Gasteiger charge is 2.27. The number of carbonyl (C=O) groups is 1. The van der Waals surface area contributed by atoms with E-state index >= 15 is 0 Å². The molecule has 0 radical (unpaired) electrons. The molecule has 1 aromatic rings. The fourth-order valence-electron chi connectivity index (χ4n) is 2.10. The number of anilines is 2. The summed E-state index contributed by atoms with van der Waals surface area (Å²) in [4.78, 5) is 13.6. The molecule has 2 rings (SSSR count). The average Bonchev–Trinajstić information content (AvgIpc) is 2.15. The van der Waals surface area contributed by atoms with E-state index in [-0.39, 0.29) is 11.9 Å². The molecule has 0 aliphatic carbocycles. The van der Waals surface area contributed by atoms with E-state index in [1.807, 2.05) is 32.9 Å². The van der Waals surface area contributed by atoms with E-state index in [1.54, 1.807) is 4.90 Å². The highest BCUT2D eigenvalue weighted by Crippen LogP contribution is 2.36. The topological polar surface area (TPSA) is 32.3 Å². The SMILES string of the molecule is Cc1cc(Cl)cc2c1NCC(=O)N2C(C)C. The van der Waals surface area contributed by atoms with Gasteiger partial charge in [-0.1, -0.05) is 11.6 Å². The second-order valence-corrected chi connectivity index (χ2v) is 4.76. The van der Waals surface area contributed by atoms with Crippen molar-refractivity contribution < 1.29 is 4.79 Å². The Bertz CT molecular complexity index is 443. The molecule has 1 N–H and O–H groups in total. The highest BCUT2D eigenvalue weighted by atomic mass is 35.5. The van der Waals surface area contributed by atoms with Crippen molar-refractivity contribution in [3.8, 4) is 0 Å². The van der Waals surface area contributed by atoms with Crippen molar-refractivity contribution in [2.24, 2.45) is 0 Å². The van der Waals surface area contributed by atoms with Crippen LogP contribution in [0, 0.1) is 6.92 Å². The van der Waals surface area contributed by atoms with E-state index < -0.39 is 0 Å². The lowest BCUT2D eigenvalue weighted by Gasteiger charge is -2.34. The molecule has 0 spiro atoms. The van der Waals surface area contributed by atoms with Crippen LogP contribution in [-0.2, 0) is 4.79 Å². The lowest BCUT2D eigenvalue weighted by Crippen LogP contribution is -2.44. The smallest absolute Gasteiger partial charge is 0.246 e. The minimum atomic E-state index is 0.0872. The van der Waals surface area contributed by atoms with Gasteiger partial charge >= 0.3 is 0 Å². The Morgan fingerprint density at radius 1 is 1.44 bits per heavy atom. The minimum Gasteiger partial charge on any atom is -0.374 e. The third-order valence-electron chi connectivity index (χ3n) is 2.74. The zero-order chi connectivity index (χ0) is 11.9. The normalized spacial score (nSPS) is 15.1. The number of rotatable bonds is 1. The Kier molecular flexibility index (Phi) is 2.80. The number of aryl methyl sites for hydroxylation is 1. The van der Waals surface area contributed by atoms with E-state index in [9.17, 15) is 4.79 Å². The number of benzene rings is 1. The minimum absolute atomic E-state index is 0.0872. The maximum absolute atomic E-state index is 11.8. The predicted molar refractivity (Wildman–Crippen MR) is 67.3 cm³/mol. The molecular formula is C12H15ClN2O. The fraction of sp³-hybridized carbons (Fsp3) is 0.417. The number of hydrogen-bond donors (Lipinski definition) is 1. The maximum Gasteiger partial charge on any atom is 0.246 e. The Balaban J connectivity index is 2.58. The molecule has 1 aromatic carbocycles. The first-order valence-electron chi connectivity index (χ1n) is 5.37. The van der Waals surface area contributed by atoms with Crippen LogP contribution in [0.3, 0.4) is 0 Å². The van der Waals surface area contributed by atoms with Crippen LogP contribution in [0.1, 0.15) is 19.4 Å². The van der Waals surface area contributed by atoms with Crippen molar-refractivity contribution in [3.63, 3.8) is 0 Å². The Hall–Kier alpha value is -1.22. The maximum atomic E-state index is 11.8. The molecule has 1 aliphatic heterocycles. The molecular weight excluding hydrogens is 224 g/mol. The van der Waals surface area contributed by atoms with Crippen molar-refractivity contribution >= 4 is 28.9 Å². The molecule has 0 saturated heterocycles. The lowest BCUT2D eigenvalue weighted by molar-refractivity contribution is -0.117. The molecule has 16 heavy (non-hydrogen) atoms. The van der Waals surface area contributed by atoms with Gasteiger partial charge in [-0.2, -0.15) is 0 Å². The van der Waals surface area contributed by atoms with E-state index in [4.69, 9.17) is 11.6 Å². The quantitative estimate of drug-likeness (QED) is 0.816. The Labute approximate surface area is 100 Å². The van der Waals surface area contributed by atoms with Gasteiger partial charge in [0.05, 0.1) is 17.9 Å². The summed E-state index contributed by atoms with van der Waals surface area (Å²) < 4.78 is 0. The molecule has 0 atom stereocenters. The molecule has 1 aliphatic rings. The number of amides is 1. The van der Waals surface area contributed by atoms with Crippen LogP contribution >= 0.6 is 11.6 Å². The van der Waals surface area contributed by atoms with Crippen LogP contribution in [0.15, 0.2) is 12.1 Å². The lowest BCUT2D eigenvalue weighted by atomic mass is 10.1. The molecule has 4 heteroatoms. The number of nitrogens with zero attached hydrogens (tertiary/aromatic N) is 1. The fourth-order valence-corrected chi connectivity index (χ4v) is 2.36. The second-order valence-electron chi connectivity index (χ2n) is 4.33. The summed E-state index contributed by atoms with van der Waals surface area (Å²) >= 11 is 6.03. The third kappa shape index (κ3) is 1.76. The van der Waals surface area contributed by atoms with E-state index in [0.717, 1.165) is 16.9 Å². The number of nitrogens with one attached hydrogen (secondary N) is 1.